The van der Waals surface area contributed by atoms with E-state index in [1.54, 1.807) is 0 Å². The van der Waals surface area contributed by atoms with Crippen LogP contribution >= 0.6 is 0 Å². The molecule has 1 amide bonds. The van der Waals surface area contributed by atoms with E-state index in [9.17, 15) is 4.79 Å². The number of aromatic nitrogens is 2. The molecule has 1 aromatic rings. The van der Waals surface area contributed by atoms with Crippen LogP contribution in [0.2, 0.25) is 0 Å². The molecule has 1 aromatic heterocycles. The van der Waals surface area contributed by atoms with Gasteiger partial charge in [-0.3, -0.25) is 5.10 Å². The highest BCUT2D eigenvalue weighted by atomic mass is 16.6. The molecule has 106 valence electrons. The number of aromatic amines is 1. The number of ether oxygens (including phenoxy) is 1. The van der Waals surface area contributed by atoms with Crippen molar-refractivity contribution >= 4 is 6.09 Å². The summed E-state index contributed by atoms with van der Waals surface area (Å²) in [7, 11) is 0. The SMILES string of the molecule is CC1CN(C(=O)OC(C)(C)C)CCC1c1cn[nH]c1. The molecule has 1 aliphatic heterocycles. The van der Waals surface area contributed by atoms with Crippen LogP contribution < -0.4 is 0 Å². The summed E-state index contributed by atoms with van der Waals surface area (Å²) in [6.07, 6.45) is 4.58. The third-order valence-electron chi connectivity index (χ3n) is 3.50. The third-order valence-corrected chi connectivity index (χ3v) is 3.50. The molecule has 19 heavy (non-hydrogen) atoms. The zero-order valence-electron chi connectivity index (χ0n) is 12.1. The van der Waals surface area contributed by atoms with Crippen molar-refractivity contribution in [3.63, 3.8) is 0 Å². The van der Waals surface area contributed by atoms with Gasteiger partial charge in [-0.25, -0.2) is 4.79 Å². The van der Waals surface area contributed by atoms with Gasteiger partial charge in [0.2, 0.25) is 0 Å². The van der Waals surface area contributed by atoms with Crippen LogP contribution in [0.3, 0.4) is 0 Å². The van der Waals surface area contributed by atoms with E-state index < -0.39 is 5.60 Å². The summed E-state index contributed by atoms with van der Waals surface area (Å²) in [5.74, 6) is 0.885. The number of nitrogens with zero attached hydrogens (tertiary/aromatic N) is 2. The smallest absolute Gasteiger partial charge is 0.410 e. The van der Waals surface area contributed by atoms with Gasteiger partial charge in [0.05, 0.1) is 6.20 Å². The van der Waals surface area contributed by atoms with Crippen LogP contribution in [-0.2, 0) is 4.74 Å². The van der Waals surface area contributed by atoms with Crippen LogP contribution in [-0.4, -0.2) is 39.9 Å². The molecule has 0 radical (unpaired) electrons. The van der Waals surface area contributed by atoms with Crippen molar-refractivity contribution < 1.29 is 9.53 Å². The molecule has 0 aliphatic carbocycles. The van der Waals surface area contributed by atoms with Crippen molar-refractivity contribution in [3.8, 4) is 0 Å². The van der Waals surface area contributed by atoms with Gasteiger partial charge < -0.3 is 9.64 Å². The summed E-state index contributed by atoms with van der Waals surface area (Å²) in [6, 6.07) is 0. The Labute approximate surface area is 114 Å². The largest absolute Gasteiger partial charge is 0.444 e. The van der Waals surface area contributed by atoms with E-state index in [4.69, 9.17) is 4.74 Å². The maximum absolute atomic E-state index is 12.0. The number of nitrogens with one attached hydrogen (secondary N) is 1. The predicted octanol–water partition coefficient (Wildman–Crippen LogP) is 2.77. The van der Waals surface area contributed by atoms with Crippen molar-refractivity contribution in [2.24, 2.45) is 5.92 Å². The molecule has 1 fully saturated rings. The van der Waals surface area contributed by atoms with E-state index in [-0.39, 0.29) is 6.09 Å². The minimum atomic E-state index is -0.429. The summed E-state index contributed by atoms with van der Waals surface area (Å²) in [5, 5.41) is 6.86. The molecule has 5 heteroatoms. The summed E-state index contributed by atoms with van der Waals surface area (Å²) in [4.78, 5) is 13.8. The van der Waals surface area contributed by atoms with Gasteiger partial charge in [-0.2, -0.15) is 5.10 Å². The number of rotatable bonds is 1. The normalized spacial score (nSPS) is 24.3. The Morgan fingerprint density at radius 3 is 2.79 bits per heavy atom. The van der Waals surface area contributed by atoms with Crippen molar-refractivity contribution in [1.82, 2.24) is 15.1 Å². The first-order chi connectivity index (χ1) is 8.87. The quantitative estimate of drug-likeness (QED) is 0.849. The lowest BCUT2D eigenvalue weighted by molar-refractivity contribution is 0.0155. The number of H-pyrrole nitrogens is 1. The summed E-state index contributed by atoms with van der Waals surface area (Å²) < 4.78 is 5.42. The molecule has 1 saturated heterocycles. The van der Waals surface area contributed by atoms with E-state index in [1.165, 1.54) is 5.56 Å². The molecule has 0 saturated carbocycles. The van der Waals surface area contributed by atoms with E-state index in [1.807, 2.05) is 38.1 Å². The van der Waals surface area contributed by atoms with Gasteiger partial charge in [-0.05, 0) is 44.6 Å². The second-order valence-electron chi connectivity index (χ2n) is 6.33. The number of carbonyl (C=O) groups excluding carboxylic acids is 1. The zero-order valence-corrected chi connectivity index (χ0v) is 12.1. The Balaban J connectivity index is 1.95. The molecule has 2 rings (SSSR count). The van der Waals surface area contributed by atoms with Gasteiger partial charge in [-0.15, -0.1) is 0 Å². The highest BCUT2D eigenvalue weighted by Gasteiger charge is 2.32. The van der Waals surface area contributed by atoms with Crippen molar-refractivity contribution in [1.29, 1.82) is 0 Å². The predicted molar refractivity (Wildman–Crippen MR) is 72.9 cm³/mol. The topological polar surface area (TPSA) is 58.2 Å². The molecule has 1 aliphatic rings. The molecule has 2 atom stereocenters. The fourth-order valence-corrected chi connectivity index (χ4v) is 2.60. The van der Waals surface area contributed by atoms with Crippen LogP contribution in [0.1, 0.15) is 45.6 Å². The second kappa shape index (κ2) is 5.23. The van der Waals surface area contributed by atoms with Gasteiger partial charge in [0.15, 0.2) is 0 Å². The van der Waals surface area contributed by atoms with Crippen LogP contribution in [0.15, 0.2) is 12.4 Å². The van der Waals surface area contributed by atoms with Crippen molar-refractivity contribution in [2.75, 3.05) is 13.1 Å². The summed E-state index contributed by atoms with van der Waals surface area (Å²) >= 11 is 0. The van der Waals surface area contributed by atoms with Crippen LogP contribution in [0, 0.1) is 5.92 Å². The van der Waals surface area contributed by atoms with Gasteiger partial charge in [-0.1, -0.05) is 6.92 Å². The minimum absolute atomic E-state index is 0.204. The molecular formula is C14H23N3O2. The number of amides is 1. The standard InChI is InChI=1S/C14H23N3O2/c1-10-9-17(13(18)19-14(2,3)4)6-5-12(10)11-7-15-16-8-11/h7-8,10,12H,5-6,9H2,1-4H3,(H,15,16). The Morgan fingerprint density at radius 2 is 2.26 bits per heavy atom. The van der Waals surface area contributed by atoms with Gasteiger partial charge >= 0.3 is 6.09 Å². The van der Waals surface area contributed by atoms with E-state index >= 15 is 0 Å². The zero-order chi connectivity index (χ0) is 14.0. The number of hydrogen-bond acceptors (Lipinski definition) is 3. The van der Waals surface area contributed by atoms with E-state index in [0.717, 1.165) is 19.5 Å². The maximum atomic E-state index is 12.0. The molecule has 2 heterocycles. The van der Waals surface area contributed by atoms with Crippen LogP contribution in [0.4, 0.5) is 4.79 Å². The fourth-order valence-electron chi connectivity index (χ4n) is 2.60. The maximum Gasteiger partial charge on any atom is 0.410 e. The molecule has 0 spiro atoms. The summed E-state index contributed by atoms with van der Waals surface area (Å²) in [5.41, 5.74) is 0.804. The summed E-state index contributed by atoms with van der Waals surface area (Å²) in [6.45, 7) is 9.35. The lowest BCUT2D eigenvalue weighted by Crippen LogP contribution is -2.44. The second-order valence-corrected chi connectivity index (χ2v) is 6.33. The number of likely N-dealkylation sites (tertiary alicyclic amines) is 1. The fraction of sp³-hybridized carbons (Fsp3) is 0.714. The van der Waals surface area contributed by atoms with Crippen molar-refractivity contribution in [2.45, 2.75) is 45.6 Å². The van der Waals surface area contributed by atoms with Crippen LogP contribution in [0.25, 0.3) is 0 Å². The molecular weight excluding hydrogens is 242 g/mol. The molecule has 2 unspecified atom stereocenters. The molecule has 5 nitrogen and oxygen atoms in total. The lowest BCUT2D eigenvalue weighted by Gasteiger charge is -2.37. The highest BCUT2D eigenvalue weighted by Crippen LogP contribution is 2.32. The molecule has 0 bridgehead atoms. The third kappa shape index (κ3) is 3.49. The minimum Gasteiger partial charge on any atom is -0.444 e. The lowest BCUT2D eigenvalue weighted by atomic mass is 9.83. The first-order valence-corrected chi connectivity index (χ1v) is 6.83. The molecule has 1 N–H and O–H groups in total. The van der Waals surface area contributed by atoms with Crippen LogP contribution in [0.5, 0.6) is 0 Å². The first-order valence-electron chi connectivity index (χ1n) is 6.83. The average Bonchev–Trinajstić information content (AvgIpc) is 2.79. The van der Waals surface area contributed by atoms with E-state index in [0.29, 0.717) is 11.8 Å². The Morgan fingerprint density at radius 1 is 1.53 bits per heavy atom. The van der Waals surface area contributed by atoms with E-state index in [2.05, 4.69) is 17.1 Å². The average molecular weight is 265 g/mol. The Hall–Kier alpha value is -1.52. The number of piperidine rings is 1. The first kappa shape index (κ1) is 13.9. The monoisotopic (exact) mass is 265 g/mol. The molecule has 0 aromatic carbocycles. The number of hydrogen-bond donors (Lipinski definition) is 1. The highest BCUT2D eigenvalue weighted by molar-refractivity contribution is 5.68. The Kier molecular flexibility index (Phi) is 3.83. The Bertz CT molecular complexity index is 422. The van der Waals surface area contributed by atoms with Gasteiger partial charge in [0.1, 0.15) is 5.60 Å². The number of carbonyl (C=O) groups is 1. The van der Waals surface area contributed by atoms with Gasteiger partial charge in [0.25, 0.3) is 0 Å². The van der Waals surface area contributed by atoms with Gasteiger partial charge in [0, 0.05) is 19.3 Å². The van der Waals surface area contributed by atoms with Crippen molar-refractivity contribution in [3.05, 3.63) is 18.0 Å².